The number of nitrogens with zero attached hydrogens (tertiary/aromatic N) is 1. The molecular formula is C16H30IN3O. The van der Waals surface area contributed by atoms with E-state index >= 15 is 0 Å². The van der Waals surface area contributed by atoms with Gasteiger partial charge >= 0.3 is 0 Å². The first kappa shape index (κ1) is 18.7. The Morgan fingerprint density at radius 2 is 2.00 bits per heavy atom. The minimum absolute atomic E-state index is 0. The maximum atomic E-state index is 5.48. The van der Waals surface area contributed by atoms with Crippen molar-refractivity contribution < 1.29 is 4.74 Å². The van der Waals surface area contributed by atoms with Gasteiger partial charge in [-0.2, -0.15) is 0 Å². The average molecular weight is 407 g/mol. The Morgan fingerprint density at radius 1 is 1.29 bits per heavy atom. The van der Waals surface area contributed by atoms with Gasteiger partial charge in [-0.15, -0.1) is 24.0 Å². The summed E-state index contributed by atoms with van der Waals surface area (Å²) in [5.74, 6) is 0.976. The van der Waals surface area contributed by atoms with Gasteiger partial charge < -0.3 is 15.4 Å². The van der Waals surface area contributed by atoms with E-state index in [-0.39, 0.29) is 24.0 Å². The predicted octanol–water partition coefficient (Wildman–Crippen LogP) is 3.08. The number of halogens is 1. The molecule has 0 heterocycles. The first-order valence-electron chi connectivity index (χ1n) is 8.05. The number of ether oxygens (including phenoxy) is 1. The lowest BCUT2D eigenvalue weighted by Gasteiger charge is -2.18. The summed E-state index contributed by atoms with van der Waals surface area (Å²) >= 11 is 0. The minimum Gasteiger partial charge on any atom is -0.382 e. The molecule has 0 atom stereocenters. The fourth-order valence-corrected chi connectivity index (χ4v) is 2.59. The topological polar surface area (TPSA) is 45.7 Å². The number of rotatable bonds is 8. The van der Waals surface area contributed by atoms with Gasteiger partial charge in [-0.1, -0.05) is 12.2 Å². The molecule has 21 heavy (non-hydrogen) atoms. The molecule has 1 fully saturated rings. The van der Waals surface area contributed by atoms with Gasteiger partial charge in [0.1, 0.15) is 0 Å². The van der Waals surface area contributed by atoms with Crippen LogP contribution in [0.5, 0.6) is 0 Å². The molecule has 0 aromatic carbocycles. The van der Waals surface area contributed by atoms with Crippen molar-refractivity contribution >= 4 is 29.9 Å². The smallest absolute Gasteiger partial charge is 0.191 e. The van der Waals surface area contributed by atoms with Gasteiger partial charge in [0.2, 0.25) is 0 Å². The Kier molecular flexibility index (Phi) is 8.63. The highest BCUT2D eigenvalue weighted by atomic mass is 127. The molecule has 2 aliphatic rings. The molecule has 0 unspecified atom stereocenters. The summed E-state index contributed by atoms with van der Waals surface area (Å²) in [7, 11) is 0. The zero-order valence-electron chi connectivity index (χ0n) is 13.4. The Hall–Kier alpha value is -0.300. The highest BCUT2D eigenvalue weighted by Gasteiger charge is 2.41. The van der Waals surface area contributed by atoms with Gasteiger partial charge in [0.15, 0.2) is 5.96 Å². The largest absolute Gasteiger partial charge is 0.382 e. The van der Waals surface area contributed by atoms with E-state index in [2.05, 4.69) is 36.6 Å². The third kappa shape index (κ3) is 6.55. The number of guanidine groups is 1. The molecular weight excluding hydrogens is 377 g/mol. The molecule has 4 nitrogen and oxygen atoms in total. The lowest BCUT2D eigenvalue weighted by Crippen LogP contribution is -2.42. The van der Waals surface area contributed by atoms with Gasteiger partial charge in [0, 0.05) is 32.3 Å². The second-order valence-electron chi connectivity index (χ2n) is 5.93. The second-order valence-corrected chi connectivity index (χ2v) is 5.93. The lowest BCUT2D eigenvalue weighted by atomic mass is 10.0. The summed E-state index contributed by atoms with van der Waals surface area (Å²) in [5.41, 5.74) is 0.422. The molecule has 2 N–H and O–H groups in total. The van der Waals surface area contributed by atoms with Crippen LogP contribution in [0.3, 0.4) is 0 Å². The Balaban J connectivity index is 0.00000220. The van der Waals surface area contributed by atoms with Gasteiger partial charge in [-0.05, 0) is 51.4 Å². The second kappa shape index (κ2) is 9.66. The standard InChI is InChI=1S/C16H29N3O.HI/c1-3-17-15(19-14-7-5-6-8-14)18-13-16(9-10-16)11-12-20-4-2;/h5-6,14H,3-4,7-13H2,1-2H3,(H2,17,18,19);1H. The molecule has 0 spiro atoms. The molecule has 0 bridgehead atoms. The summed E-state index contributed by atoms with van der Waals surface area (Å²) < 4.78 is 5.48. The first-order chi connectivity index (χ1) is 9.78. The number of hydrogen-bond donors (Lipinski definition) is 2. The Labute approximate surface area is 146 Å². The average Bonchev–Trinajstić information content (AvgIpc) is 3.02. The van der Waals surface area contributed by atoms with Crippen LogP contribution in [0, 0.1) is 5.41 Å². The van der Waals surface area contributed by atoms with Crippen molar-refractivity contribution in [3.63, 3.8) is 0 Å². The van der Waals surface area contributed by atoms with Crippen LogP contribution in [0.2, 0.25) is 0 Å². The van der Waals surface area contributed by atoms with Crippen molar-refractivity contribution in [2.45, 2.75) is 52.0 Å². The molecule has 0 aromatic rings. The summed E-state index contributed by atoms with van der Waals surface area (Å²) in [6.07, 6.45) is 10.5. The Bertz CT molecular complexity index is 345. The summed E-state index contributed by atoms with van der Waals surface area (Å²) in [6, 6.07) is 0.520. The zero-order valence-corrected chi connectivity index (χ0v) is 15.7. The SMILES string of the molecule is CCNC(=NCC1(CCOCC)CC1)NC1CC=CC1.I. The van der Waals surface area contributed by atoms with Crippen LogP contribution in [0.4, 0.5) is 0 Å². The van der Waals surface area contributed by atoms with Crippen LogP contribution >= 0.6 is 24.0 Å². The van der Waals surface area contributed by atoms with E-state index in [9.17, 15) is 0 Å². The van der Waals surface area contributed by atoms with E-state index in [1.165, 1.54) is 12.8 Å². The van der Waals surface area contributed by atoms with Crippen LogP contribution < -0.4 is 10.6 Å². The van der Waals surface area contributed by atoms with Gasteiger partial charge in [-0.25, -0.2) is 0 Å². The zero-order chi connectivity index (χ0) is 14.3. The van der Waals surface area contributed by atoms with E-state index in [0.717, 1.165) is 51.5 Å². The number of hydrogen-bond acceptors (Lipinski definition) is 2. The van der Waals surface area contributed by atoms with Crippen molar-refractivity contribution in [2.75, 3.05) is 26.3 Å². The first-order valence-corrected chi connectivity index (χ1v) is 8.05. The highest BCUT2D eigenvalue weighted by molar-refractivity contribution is 14.0. The van der Waals surface area contributed by atoms with E-state index in [1.807, 2.05) is 0 Å². The normalized spacial score (nSPS) is 20.2. The van der Waals surface area contributed by atoms with Crippen LogP contribution in [-0.4, -0.2) is 38.3 Å². The molecule has 122 valence electrons. The van der Waals surface area contributed by atoms with E-state index < -0.39 is 0 Å². The van der Waals surface area contributed by atoms with Crippen LogP contribution in [0.25, 0.3) is 0 Å². The fraction of sp³-hybridized carbons (Fsp3) is 0.812. The summed E-state index contributed by atoms with van der Waals surface area (Å²) in [5, 5.41) is 6.89. The molecule has 0 amide bonds. The molecule has 5 heteroatoms. The quantitative estimate of drug-likeness (QED) is 0.214. The predicted molar refractivity (Wildman–Crippen MR) is 99.5 cm³/mol. The molecule has 1 saturated carbocycles. The maximum absolute atomic E-state index is 5.48. The van der Waals surface area contributed by atoms with Gasteiger partial charge in [0.25, 0.3) is 0 Å². The van der Waals surface area contributed by atoms with E-state index in [1.54, 1.807) is 0 Å². The third-order valence-corrected chi connectivity index (χ3v) is 4.20. The van der Waals surface area contributed by atoms with Crippen molar-refractivity contribution in [1.29, 1.82) is 0 Å². The molecule has 2 aliphatic carbocycles. The van der Waals surface area contributed by atoms with Crippen molar-refractivity contribution in [3.8, 4) is 0 Å². The van der Waals surface area contributed by atoms with Gasteiger partial charge in [0.05, 0.1) is 0 Å². The molecule has 0 saturated heterocycles. The molecule has 0 aliphatic heterocycles. The number of nitrogens with one attached hydrogen (secondary N) is 2. The lowest BCUT2D eigenvalue weighted by molar-refractivity contribution is 0.129. The number of aliphatic imine (C=N–C) groups is 1. The molecule has 0 radical (unpaired) electrons. The molecule has 0 aromatic heterocycles. The van der Waals surface area contributed by atoms with Crippen LogP contribution in [-0.2, 0) is 4.74 Å². The van der Waals surface area contributed by atoms with Crippen molar-refractivity contribution in [3.05, 3.63) is 12.2 Å². The van der Waals surface area contributed by atoms with Crippen molar-refractivity contribution in [1.82, 2.24) is 10.6 Å². The molecule has 2 rings (SSSR count). The minimum atomic E-state index is 0. The maximum Gasteiger partial charge on any atom is 0.191 e. The van der Waals surface area contributed by atoms with Crippen molar-refractivity contribution in [2.24, 2.45) is 10.4 Å². The van der Waals surface area contributed by atoms with E-state index in [4.69, 9.17) is 9.73 Å². The fourth-order valence-electron chi connectivity index (χ4n) is 2.59. The van der Waals surface area contributed by atoms with Gasteiger partial charge in [-0.3, -0.25) is 4.99 Å². The van der Waals surface area contributed by atoms with E-state index in [0.29, 0.717) is 11.5 Å². The van der Waals surface area contributed by atoms with Crippen LogP contribution in [0.1, 0.15) is 46.0 Å². The van der Waals surface area contributed by atoms with Crippen LogP contribution in [0.15, 0.2) is 17.1 Å². The summed E-state index contributed by atoms with van der Waals surface area (Å²) in [4.78, 5) is 4.80. The Morgan fingerprint density at radius 3 is 2.57 bits per heavy atom. The third-order valence-electron chi connectivity index (χ3n) is 4.20. The highest BCUT2D eigenvalue weighted by Crippen LogP contribution is 2.49. The monoisotopic (exact) mass is 407 g/mol. The summed E-state index contributed by atoms with van der Waals surface area (Å²) in [6.45, 7) is 7.71.